The van der Waals surface area contributed by atoms with Crippen molar-refractivity contribution in [3.63, 3.8) is 0 Å². The number of carbonyl (C=O) groups excluding carboxylic acids is 1. The van der Waals surface area contributed by atoms with E-state index in [0.29, 0.717) is 15.6 Å². The predicted octanol–water partition coefficient (Wildman–Crippen LogP) is 5.63. The van der Waals surface area contributed by atoms with E-state index in [4.69, 9.17) is 23.2 Å². The van der Waals surface area contributed by atoms with E-state index in [-0.39, 0.29) is 0 Å². The monoisotopic (exact) mass is 300 g/mol. The van der Waals surface area contributed by atoms with Crippen LogP contribution in [0.3, 0.4) is 0 Å². The van der Waals surface area contributed by atoms with Crippen molar-refractivity contribution < 1.29 is 4.79 Å². The third-order valence-corrected chi connectivity index (χ3v) is 3.96. The Morgan fingerprint density at radius 3 is 2.10 bits per heavy atom. The summed E-state index contributed by atoms with van der Waals surface area (Å²) in [5.74, 6) is 0. The van der Waals surface area contributed by atoms with Crippen LogP contribution in [0.1, 0.15) is 10.4 Å². The van der Waals surface area contributed by atoms with Crippen molar-refractivity contribution in [2.24, 2.45) is 0 Å². The Bertz CT molecular complexity index is 809. The van der Waals surface area contributed by atoms with Gasteiger partial charge in [-0.1, -0.05) is 65.7 Å². The molecular weight excluding hydrogens is 291 g/mol. The molecule has 3 aromatic carbocycles. The number of hydrogen-bond acceptors (Lipinski definition) is 1. The third kappa shape index (κ3) is 2.09. The van der Waals surface area contributed by atoms with E-state index in [1.165, 1.54) is 0 Å². The molecular formula is C17H10Cl2O. The lowest BCUT2D eigenvalue weighted by Crippen LogP contribution is -1.91. The summed E-state index contributed by atoms with van der Waals surface area (Å²) < 4.78 is 0. The van der Waals surface area contributed by atoms with E-state index in [1.54, 1.807) is 12.1 Å². The van der Waals surface area contributed by atoms with Gasteiger partial charge >= 0.3 is 0 Å². The highest BCUT2D eigenvalue weighted by atomic mass is 35.5. The van der Waals surface area contributed by atoms with Crippen molar-refractivity contribution in [1.29, 1.82) is 0 Å². The summed E-state index contributed by atoms with van der Waals surface area (Å²) in [7, 11) is 0. The molecule has 0 saturated heterocycles. The summed E-state index contributed by atoms with van der Waals surface area (Å²) in [5, 5.41) is 2.92. The molecule has 3 rings (SSSR count). The molecule has 3 heteroatoms. The number of aldehydes is 1. The molecule has 0 atom stereocenters. The Morgan fingerprint density at radius 2 is 1.40 bits per heavy atom. The second kappa shape index (κ2) is 5.28. The van der Waals surface area contributed by atoms with E-state index in [1.807, 2.05) is 42.5 Å². The van der Waals surface area contributed by atoms with Crippen LogP contribution in [0.2, 0.25) is 10.0 Å². The van der Waals surface area contributed by atoms with Crippen LogP contribution in [0.4, 0.5) is 0 Å². The molecule has 0 saturated carbocycles. The standard InChI is InChI=1S/C17H10Cl2O/c18-16-8-4-3-7-13(16)14-9-17(19)12-6-2-1-5-11(12)15(14)10-20/h1-10H. The van der Waals surface area contributed by atoms with Crippen LogP contribution in [-0.2, 0) is 0 Å². The molecule has 0 aliphatic carbocycles. The van der Waals surface area contributed by atoms with Gasteiger partial charge in [0.1, 0.15) is 0 Å². The first-order chi connectivity index (χ1) is 9.72. The molecule has 0 aromatic heterocycles. The van der Waals surface area contributed by atoms with Crippen LogP contribution in [0, 0.1) is 0 Å². The van der Waals surface area contributed by atoms with Crippen LogP contribution in [0.5, 0.6) is 0 Å². The lowest BCUT2D eigenvalue weighted by molar-refractivity contribution is 0.112. The highest BCUT2D eigenvalue weighted by Gasteiger charge is 2.13. The maximum absolute atomic E-state index is 11.6. The summed E-state index contributed by atoms with van der Waals surface area (Å²) in [6, 6.07) is 16.8. The maximum atomic E-state index is 11.6. The van der Waals surface area contributed by atoms with Crippen molar-refractivity contribution in [3.05, 3.63) is 70.2 Å². The molecule has 0 N–H and O–H groups in total. The molecule has 20 heavy (non-hydrogen) atoms. The van der Waals surface area contributed by atoms with Gasteiger partial charge in [-0.05, 0) is 23.1 Å². The van der Waals surface area contributed by atoms with E-state index in [2.05, 4.69) is 0 Å². The Morgan fingerprint density at radius 1 is 0.750 bits per heavy atom. The fourth-order valence-corrected chi connectivity index (χ4v) is 2.89. The normalized spacial score (nSPS) is 10.7. The van der Waals surface area contributed by atoms with Gasteiger partial charge in [-0.2, -0.15) is 0 Å². The van der Waals surface area contributed by atoms with E-state index >= 15 is 0 Å². The molecule has 0 bridgehead atoms. The van der Waals surface area contributed by atoms with Crippen molar-refractivity contribution >= 4 is 40.3 Å². The lowest BCUT2D eigenvalue weighted by Gasteiger charge is -2.12. The Labute approximate surface area is 126 Å². The minimum absolute atomic E-state index is 0.599. The summed E-state index contributed by atoms with van der Waals surface area (Å²) in [6.07, 6.45) is 0.858. The van der Waals surface area contributed by atoms with Crippen molar-refractivity contribution in [1.82, 2.24) is 0 Å². The van der Waals surface area contributed by atoms with Crippen LogP contribution < -0.4 is 0 Å². The zero-order valence-corrected chi connectivity index (χ0v) is 11.9. The van der Waals surface area contributed by atoms with Gasteiger partial charge in [0.05, 0.1) is 0 Å². The van der Waals surface area contributed by atoms with Gasteiger partial charge in [-0.15, -0.1) is 0 Å². The number of carbonyl (C=O) groups is 1. The molecule has 98 valence electrons. The fourth-order valence-electron chi connectivity index (χ4n) is 2.38. The topological polar surface area (TPSA) is 17.1 Å². The number of halogens is 2. The first-order valence-electron chi connectivity index (χ1n) is 6.13. The van der Waals surface area contributed by atoms with Gasteiger partial charge in [0.25, 0.3) is 0 Å². The number of fused-ring (bicyclic) bond motifs is 1. The molecule has 0 heterocycles. The maximum Gasteiger partial charge on any atom is 0.151 e. The zero-order chi connectivity index (χ0) is 14.1. The second-order valence-electron chi connectivity index (χ2n) is 4.46. The van der Waals surface area contributed by atoms with Crippen LogP contribution in [0.25, 0.3) is 21.9 Å². The van der Waals surface area contributed by atoms with Gasteiger partial charge in [0.15, 0.2) is 6.29 Å². The highest BCUT2D eigenvalue weighted by molar-refractivity contribution is 6.37. The van der Waals surface area contributed by atoms with Gasteiger partial charge < -0.3 is 0 Å². The molecule has 0 radical (unpaired) electrons. The van der Waals surface area contributed by atoms with Crippen LogP contribution in [-0.4, -0.2) is 6.29 Å². The average Bonchev–Trinajstić information content (AvgIpc) is 2.48. The zero-order valence-electron chi connectivity index (χ0n) is 10.4. The molecule has 1 nitrogen and oxygen atoms in total. The smallest absolute Gasteiger partial charge is 0.151 e. The van der Waals surface area contributed by atoms with E-state index in [0.717, 1.165) is 28.2 Å². The summed E-state index contributed by atoms with van der Waals surface area (Å²) in [4.78, 5) is 11.6. The van der Waals surface area contributed by atoms with Gasteiger partial charge in [-0.25, -0.2) is 0 Å². The number of rotatable bonds is 2. The molecule has 0 aliphatic heterocycles. The molecule has 3 aromatic rings. The van der Waals surface area contributed by atoms with Gasteiger partial charge in [0.2, 0.25) is 0 Å². The molecule has 0 spiro atoms. The largest absolute Gasteiger partial charge is 0.298 e. The minimum Gasteiger partial charge on any atom is -0.298 e. The van der Waals surface area contributed by atoms with Gasteiger partial charge in [0, 0.05) is 26.6 Å². The third-order valence-electron chi connectivity index (χ3n) is 3.32. The van der Waals surface area contributed by atoms with Crippen LogP contribution in [0.15, 0.2) is 54.6 Å². The lowest BCUT2D eigenvalue weighted by atomic mass is 9.95. The van der Waals surface area contributed by atoms with E-state index < -0.39 is 0 Å². The average molecular weight is 301 g/mol. The molecule has 0 aliphatic rings. The first kappa shape index (κ1) is 13.2. The van der Waals surface area contributed by atoms with Crippen molar-refractivity contribution in [2.45, 2.75) is 0 Å². The quantitative estimate of drug-likeness (QED) is 0.561. The summed E-state index contributed by atoms with van der Waals surface area (Å²) in [6.45, 7) is 0. The van der Waals surface area contributed by atoms with Crippen LogP contribution >= 0.6 is 23.2 Å². The Balaban J connectivity index is 2.43. The SMILES string of the molecule is O=Cc1c(-c2ccccc2Cl)cc(Cl)c2ccccc12. The number of benzene rings is 3. The number of hydrogen-bond donors (Lipinski definition) is 0. The second-order valence-corrected chi connectivity index (χ2v) is 5.28. The van der Waals surface area contributed by atoms with Gasteiger partial charge in [-0.3, -0.25) is 4.79 Å². The minimum atomic E-state index is 0.599. The molecule has 0 fully saturated rings. The highest BCUT2D eigenvalue weighted by Crippen LogP contribution is 2.37. The molecule has 0 unspecified atom stereocenters. The van der Waals surface area contributed by atoms with Crippen molar-refractivity contribution in [3.8, 4) is 11.1 Å². The Kier molecular flexibility index (Phi) is 3.47. The first-order valence-corrected chi connectivity index (χ1v) is 6.89. The fraction of sp³-hybridized carbons (Fsp3) is 0. The van der Waals surface area contributed by atoms with E-state index in [9.17, 15) is 4.79 Å². The van der Waals surface area contributed by atoms with Crippen molar-refractivity contribution in [2.75, 3.05) is 0 Å². The summed E-state index contributed by atoms with van der Waals surface area (Å²) >= 11 is 12.6. The Hall–Kier alpha value is -1.83. The predicted molar refractivity (Wildman–Crippen MR) is 84.8 cm³/mol. The summed E-state index contributed by atoms with van der Waals surface area (Å²) in [5.41, 5.74) is 2.18. The molecule has 0 amide bonds.